The molecule has 0 aliphatic heterocycles. The van der Waals surface area contributed by atoms with Crippen molar-refractivity contribution in [3.8, 4) is 16.9 Å². The van der Waals surface area contributed by atoms with Crippen molar-refractivity contribution in [2.75, 3.05) is 6.61 Å². The van der Waals surface area contributed by atoms with Gasteiger partial charge in [0.25, 0.3) is 0 Å². The first-order valence-corrected chi connectivity index (χ1v) is 8.52. The molecule has 0 bridgehead atoms. The van der Waals surface area contributed by atoms with E-state index in [1.54, 1.807) is 11.6 Å². The summed E-state index contributed by atoms with van der Waals surface area (Å²) in [5, 5.41) is 4.69. The van der Waals surface area contributed by atoms with Crippen LogP contribution < -0.4 is 0 Å². The zero-order valence-corrected chi connectivity index (χ0v) is 14.9. The van der Waals surface area contributed by atoms with Gasteiger partial charge in [0.2, 0.25) is 0 Å². The molecule has 3 aromatic rings. The van der Waals surface area contributed by atoms with Crippen LogP contribution in [0.25, 0.3) is 16.9 Å². The van der Waals surface area contributed by atoms with Crippen molar-refractivity contribution < 1.29 is 9.53 Å². The Morgan fingerprint density at radius 1 is 1.12 bits per heavy atom. The zero-order valence-electron chi connectivity index (χ0n) is 13.3. The number of aromatic nitrogens is 2. The maximum absolute atomic E-state index is 11.9. The summed E-state index contributed by atoms with van der Waals surface area (Å²) < 4.78 is 7.89. The fourth-order valence-corrected chi connectivity index (χ4v) is 2.73. The van der Waals surface area contributed by atoms with Gasteiger partial charge in [-0.2, -0.15) is 5.10 Å². The first kappa shape index (κ1) is 16.5. The van der Waals surface area contributed by atoms with E-state index in [9.17, 15) is 4.79 Å². The highest BCUT2D eigenvalue weighted by atomic mass is 79.9. The number of carbonyl (C=O) groups excluding carboxylic acids is 1. The molecule has 0 unspecified atom stereocenters. The molecule has 1 aromatic heterocycles. The maximum atomic E-state index is 11.9. The van der Waals surface area contributed by atoms with Crippen molar-refractivity contribution in [3.05, 3.63) is 70.8 Å². The highest BCUT2D eigenvalue weighted by molar-refractivity contribution is 9.10. The third kappa shape index (κ3) is 3.74. The van der Waals surface area contributed by atoms with Crippen molar-refractivity contribution in [2.24, 2.45) is 0 Å². The topological polar surface area (TPSA) is 44.1 Å². The SMILES string of the molecule is CCOC(=O)Cc1cn(-c2ccccc2)nc1-c1ccc(Br)cc1. The van der Waals surface area contributed by atoms with Crippen LogP contribution >= 0.6 is 15.9 Å². The van der Waals surface area contributed by atoms with E-state index < -0.39 is 0 Å². The second-order valence-corrected chi connectivity index (χ2v) is 6.19. The minimum atomic E-state index is -0.247. The molecule has 1 heterocycles. The molecule has 0 saturated carbocycles. The number of hydrogen-bond donors (Lipinski definition) is 0. The highest BCUT2D eigenvalue weighted by Gasteiger charge is 2.16. The lowest BCUT2D eigenvalue weighted by molar-refractivity contribution is -0.142. The largest absolute Gasteiger partial charge is 0.466 e. The Bertz CT molecular complexity index is 826. The van der Waals surface area contributed by atoms with E-state index in [0.29, 0.717) is 6.61 Å². The van der Waals surface area contributed by atoms with E-state index in [-0.39, 0.29) is 12.4 Å². The number of rotatable bonds is 5. The predicted octanol–water partition coefficient (Wildman–Crippen LogP) is 4.41. The van der Waals surface area contributed by atoms with Gasteiger partial charge >= 0.3 is 5.97 Å². The van der Waals surface area contributed by atoms with Crippen LogP contribution in [0.3, 0.4) is 0 Å². The van der Waals surface area contributed by atoms with Gasteiger partial charge in [-0.3, -0.25) is 4.79 Å². The standard InChI is InChI=1S/C19H17BrN2O2/c1-2-24-18(23)12-15-13-22(17-6-4-3-5-7-17)21-19(15)14-8-10-16(20)11-9-14/h3-11,13H,2,12H2,1H3. The van der Waals surface area contributed by atoms with Gasteiger partial charge in [-0.15, -0.1) is 0 Å². The van der Waals surface area contributed by atoms with E-state index in [0.717, 1.165) is 27.0 Å². The van der Waals surface area contributed by atoms with E-state index in [1.165, 1.54) is 0 Å². The number of halogens is 1. The Hall–Kier alpha value is -2.40. The van der Waals surface area contributed by atoms with Crippen molar-refractivity contribution in [2.45, 2.75) is 13.3 Å². The maximum Gasteiger partial charge on any atom is 0.310 e. The normalized spacial score (nSPS) is 10.6. The summed E-state index contributed by atoms with van der Waals surface area (Å²) in [5.74, 6) is -0.247. The molecular formula is C19H17BrN2O2. The van der Waals surface area contributed by atoms with Crippen LogP contribution in [0.2, 0.25) is 0 Å². The quantitative estimate of drug-likeness (QED) is 0.612. The molecule has 122 valence electrons. The van der Waals surface area contributed by atoms with E-state index in [4.69, 9.17) is 4.74 Å². The second kappa shape index (κ2) is 7.45. The number of hydrogen-bond acceptors (Lipinski definition) is 3. The molecule has 0 aliphatic carbocycles. The number of benzene rings is 2. The molecule has 0 spiro atoms. The summed E-state index contributed by atoms with van der Waals surface area (Å²) in [4.78, 5) is 11.9. The molecule has 5 heteroatoms. The molecular weight excluding hydrogens is 368 g/mol. The number of ether oxygens (including phenoxy) is 1. The van der Waals surface area contributed by atoms with Crippen LogP contribution in [0, 0.1) is 0 Å². The third-order valence-corrected chi connectivity index (χ3v) is 4.10. The lowest BCUT2D eigenvalue weighted by Crippen LogP contribution is -2.07. The van der Waals surface area contributed by atoms with Gasteiger partial charge in [0.1, 0.15) is 0 Å². The van der Waals surface area contributed by atoms with E-state index in [1.807, 2.05) is 60.8 Å². The fraction of sp³-hybridized carbons (Fsp3) is 0.158. The average molecular weight is 385 g/mol. The first-order valence-electron chi connectivity index (χ1n) is 7.73. The van der Waals surface area contributed by atoms with Crippen molar-refractivity contribution in [1.29, 1.82) is 0 Å². The fourth-order valence-electron chi connectivity index (χ4n) is 2.47. The predicted molar refractivity (Wildman–Crippen MR) is 97.0 cm³/mol. The third-order valence-electron chi connectivity index (χ3n) is 3.57. The number of nitrogens with zero attached hydrogens (tertiary/aromatic N) is 2. The van der Waals surface area contributed by atoms with Crippen molar-refractivity contribution in [1.82, 2.24) is 9.78 Å². The molecule has 0 fully saturated rings. The molecule has 0 saturated heterocycles. The Balaban J connectivity index is 2.02. The Morgan fingerprint density at radius 2 is 1.83 bits per heavy atom. The summed E-state index contributed by atoms with van der Waals surface area (Å²) in [7, 11) is 0. The number of carbonyl (C=O) groups is 1. The van der Waals surface area contributed by atoms with Gasteiger partial charge in [-0.25, -0.2) is 4.68 Å². The Morgan fingerprint density at radius 3 is 2.50 bits per heavy atom. The van der Waals surface area contributed by atoms with Crippen molar-refractivity contribution >= 4 is 21.9 Å². The molecule has 4 nitrogen and oxygen atoms in total. The minimum Gasteiger partial charge on any atom is -0.466 e. The van der Waals surface area contributed by atoms with Gasteiger partial charge in [0.05, 0.1) is 24.4 Å². The smallest absolute Gasteiger partial charge is 0.310 e. The monoisotopic (exact) mass is 384 g/mol. The lowest BCUT2D eigenvalue weighted by atomic mass is 10.1. The van der Waals surface area contributed by atoms with Crippen LogP contribution in [0.1, 0.15) is 12.5 Å². The summed E-state index contributed by atoms with van der Waals surface area (Å²) in [6.07, 6.45) is 2.09. The Kier molecular flexibility index (Phi) is 5.11. The molecule has 0 aliphatic rings. The van der Waals surface area contributed by atoms with Gasteiger partial charge in [-0.05, 0) is 31.2 Å². The summed E-state index contributed by atoms with van der Waals surface area (Å²) in [5.41, 5.74) is 3.55. The Labute approximate surface area is 149 Å². The number of para-hydroxylation sites is 1. The van der Waals surface area contributed by atoms with Gasteiger partial charge < -0.3 is 4.74 Å². The van der Waals surface area contributed by atoms with Crippen LogP contribution in [0.5, 0.6) is 0 Å². The van der Waals surface area contributed by atoms with Gasteiger partial charge in [0, 0.05) is 21.8 Å². The van der Waals surface area contributed by atoms with Crippen LogP contribution in [0.15, 0.2) is 65.3 Å². The molecule has 2 aromatic carbocycles. The number of esters is 1. The van der Waals surface area contributed by atoms with E-state index >= 15 is 0 Å². The highest BCUT2D eigenvalue weighted by Crippen LogP contribution is 2.26. The molecule has 0 amide bonds. The van der Waals surface area contributed by atoms with Crippen LogP contribution in [0.4, 0.5) is 0 Å². The molecule has 0 N–H and O–H groups in total. The molecule has 0 atom stereocenters. The van der Waals surface area contributed by atoms with Crippen LogP contribution in [-0.2, 0) is 16.0 Å². The van der Waals surface area contributed by atoms with Crippen LogP contribution in [-0.4, -0.2) is 22.4 Å². The average Bonchev–Trinajstić information content (AvgIpc) is 3.00. The summed E-state index contributed by atoms with van der Waals surface area (Å²) >= 11 is 3.44. The van der Waals surface area contributed by atoms with E-state index in [2.05, 4.69) is 21.0 Å². The van der Waals surface area contributed by atoms with Crippen molar-refractivity contribution in [3.63, 3.8) is 0 Å². The van der Waals surface area contributed by atoms with Gasteiger partial charge in [0.15, 0.2) is 0 Å². The summed E-state index contributed by atoms with van der Waals surface area (Å²) in [6.45, 7) is 2.18. The molecule has 0 radical (unpaired) electrons. The summed E-state index contributed by atoms with van der Waals surface area (Å²) in [6, 6.07) is 17.7. The molecule has 3 rings (SSSR count). The second-order valence-electron chi connectivity index (χ2n) is 5.27. The minimum absolute atomic E-state index is 0.200. The zero-order chi connectivity index (χ0) is 16.9. The van der Waals surface area contributed by atoms with Gasteiger partial charge in [-0.1, -0.05) is 46.3 Å². The molecule has 24 heavy (non-hydrogen) atoms. The first-order chi connectivity index (χ1) is 11.7. The lowest BCUT2D eigenvalue weighted by Gasteiger charge is -2.03.